The molecule has 0 amide bonds. The average molecular weight is 334 g/mol. The van der Waals surface area contributed by atoms with Gasteiger partial charge in [-0.25, -0.2) is 4.79 Å². The maximum Gasteiger partial charge on any atom is 0.333 e. The molecule has 1 heterocycles. The minimum atomic E-state index is -0.665. The van der Waals surface area contributed by atoms with Crippen LogP contribution in [0, 0.1) is 23.7 Å². The van der Waals surface area contributed by atoms with E-state index in [-0.39, 0.29) is 12.1 Å². The van der Waals surface area contributed by atoms with E-state index in [2.05, 4.69) is 6.58 Å². The third kappa shape index (κ3) is 2.53. The molecule has 1 aliphatic heterocycles. The van der Waals surface area contributed by atoms with Gasteiger partial charge in [0.05, 0.1) is 6.61 Å². The van der Waals surface area contributed by atoms with Gasteiger partial charge < -0.3 is 14.2 Å². The van der Waals surface area contributed by atoms with Crippen molar-refractivity contribution in [3.05, 3.63) is 12.2 Å². The van der Waals surface area contributed by atoms with Crippen LogP contribution < -0.4 is 0 Å². The van der Waals surface area contributed by atoms with E-state index in [1.165, 1.54) is 32.1 Å². The van der Waals surface area contributed by atoms with E-state index < -0.39 is 11.4 Å². The molecule has 0 radical (unpaired) electrons. The Labute approximate surface area is 144 Å². The highest BCUT2D eigenvalue weighted by atomic mass is 16.7. The number of ether oxygens (including phenoxy) is 3. The van der Waals surface area contributed by atoms with Gasteiger partial charge in [-0.15, -0.1) is 0 Å². The lowest BCUT2D eigenvalue weighted by Crippen LogP contribution is -2.65. The third-order valence-corrected chi connectivity index (χ3v) is 6.79. The van der Waals surface area contributed by atoms with Crippen LogP contribution >= 0.6 is 0 Å². The van der Waals surface area contributed by atoms with Crippen LogP contribution in [0.15, 0.2) is 12.2 Å². The van der Waals surface area contributed by atoms with E-state index >= 15 is 0 Å². The van der Waals surface area contributed by atoms with Gasteiger partial charge in [0, 0.05) is 23.8 Å². The van der Waals surface area contributed by atoms with Crippen molar-refractivity contribution >= 4 is 5.97 Å². The lowest BCUT2D eigenvalue weighted by Gasteiger charge is -2.62. The maximum atomic E-state index is 12.0. The molecule has 1 saturated heterocycles. The first-order chi connectivity index (χ1) is 11.3. The molecule has 5 rings (SSSR count). The number of hydrogen-bond donors (Lipinski definition) is 0. The summed E-state index contributed by atoms with van der Waals surface area (Å²) >= 11 is 0. The predicted molar refractivity (Wildman–Crippen MR) is 90.2 cm³/mol. The van der Waals surface area contributed by atoms with E-state index in [0.717, 1.165) is 18.3 Å². The molecule has 4 heteroatoms. The fourth-order valence-corrected chi connectivity index (χ4v) is 5.79. The summed E-state index contributed by atoms with van der Waals surface area (Å²) in [7, 11) is 0. The molecule has 1 spiro atoms. The zero-order chi connectivity index (χ0) is 17.1. The number of esters is 1. The first kappa shape index (κ1) is 16.6. The predicted octanol–water partition coefficient (Wildman–Crippen LogP) is 3.84. The molecule has 1 unspecified atom stereocenters. The minimum absolute atomic E-state index is 0.118. The Kier molecular flexibility index (Phi) is 3.85. The molecule has 5 aliphatic rings. The molecule has 4 nitrogen and oxygen atoms in total. The van der Waals surface area contributed by atoms with Gasteiger partial charge in [-0.05, 0) is 64.7 Å². The van der Waals surface area contributed by atoms with Gasteiger partial charge in [0.2, 0.25) is 0 Å². The fourth-order valence-electron chi connectivity index (χ4n) is 5.79. The highest BCUT2D eigenvalue weighted by molar-refractivity contribution is 5.87. The fraction of sp³-hybridized carbons (Fsp3) is 0.850. The van der Waals surface area contributed by atoms with Gasteiger partial charge in [-0.2, -0.15) is 0 Å². The Bertz CT molecular complexity index is 522. The molecule has 0 N–H and O–H groups in total. The smallest absolute Gasteiger partial charge is 0.333 e. The van der Waals surface area contributed by atoms with Crippen LogP contribution in [0.3, 0.4) is 0 Å². The molecule has 0 aromatic rings. The molecule has 134 valence electrons. The normalized spacial score (nSPS) is 43.9. The topological polar surface area (TPSA) is 44.8 Å². The third-order valence-electron chi connectivity index (χ3n) is 6.79. The number of rotatable bonds is 3. The summed E-state index contributed by atoms with van der Waals surface area (Å²) in [6.07, 6.45) is 7.03. The Hall–Kier alpha value is -0.870. The van der Waals surface area contributed by atoms with Crippen LogP contribution in [0.5, 0.6) is 0 Å². The zero-order valence-corrected chi connectivity index (χ0v) is 15.2. The summed E-state index contributed by atoms with van der Waals surface area (Å²) in [6.45, 7) is 9.97. The van der Waals surface area contributed by atoms with Crippen molar-refractivity contribution < 1.29 is 19.0 Å². The Morgan fingerprint density at radius 2 is 1.71 bits per heavy atom. The van der Waals surface area contributed by atoms with E-state index in [1.807, 2.05) is 13.8 Å². The summed E-state index contributed by atoms with van der Waals surface area (Å²) in [5.41, 5.74) is -0.235. The molecule has 4 aliphatic carbocycles. The largest absolute Gasteiger partial charge is 0.454 e. The zero-order valence-electron chi connectivity index (χ0n) is 15.2. The summed E-state index contributed by atoms with van der Waals surface area (Å²) in [5.74, 6) is 2.02. The van der Waals surface area contributed by atoms with Crippen molar-refractivity contribution in [2.45, 2.75) is 76.8 Å². The Morgan fingerprint density at radius 1 is 1.12 bits per heavy atom. The lowest BCUT2D eigenvalue weighted by atomic mass is 9.53. The molecular weight excluding hydrogens is 304 g/mol. The van der Waals surface area contributed by atoms with Crippen molar-refractivity contribution in [3.8, 4) is 0 Å². The Balaban J connectivity index is 1.53. The quantitative estimate of drug-likeness (QED) is 0.581. The molecule has 4 saturated carbocycles. The van der Waals surface area contributed by atoms with Gasteiger partial charge in [0.1, 0.15) is 11.7 Å². The number of carbonyl (C=O) groups excluding carboxylic acids is 1. The Morgan fingerprint density at radius 3 is 2.25 bits per heavy atom. The SMILES string of the molecule is C=C(C)C(=O)OC(C)(C)C1CCOC2(O1)C1CC3CC(C1)CC2C3. The summed E-state index contributed by atoms with van der Waals surface area (Å²) in [5, 5.41) is 0. The molecular formula is C20H30O4. The van der Waals surface area contributed by atoms with Gasteiger partial charge >= 0.3 is 5.97 Å². The van der Waals surface area contributed by atoms with E-state index in [9.17, 15) is 4.79 Å². The van der Waals surface area contributed by atoms with Gasteiger partial charge in [0.25, 0.3) is 0 Å². The first-order valence-electron chi connectivity index (χ1n) is 9.51. The van der Waals surface area contributed by atoms with Crippen LogP contribution in [0.2, 0.25) is 0 Å². The average Bonchev–Trinajstić information content (AvgIpc) is 2.52. The summed E-state index contributed by atoms with van der Waals surface area (Å²) in [6, 6.07) is 0. The van der Waals surface area contributed by atoms with E-state index in [0.29, 0.717) is 24.0 Å². The summed E-state index contributed by atoms with van der Waals surface area (Å²) < 4.78 is 18.7. The van der Waals surface area contributed by atoms with Crippen LogP contribution in [-0.2, 0) is 19.0 Å². The molecule has 24 heavy (non-hydrogen) atoms. The minimum Gasteiger partial charge on any atom is -0.454 e. The maximum absolute atomic E-state index is 12.0. The highest BCUT2D eigenvalue weighted by Gasteiger charge is 2.62. The second-order valence-corrected chi connectivity index (χ2v) is 9.04. The molecule has 0 aromatic heterocycles. The highest BCUT2D eigenvalue weighted by Crippen LogP contribution is 2.61. The van der Waals surface area contributed by atoms with Crippen molar-refractivity contribution in [1.82, 2.24) is 0 Å². The van der Waals surface area contributed by atoms with Crippen molar-refractivity contribution in [1.29, 1.82) is 0 Å². The molecule has 5 fully saturated rings. The van der Waals surface area contributed by atoms with Crippen LogP contribution in [0.1, 0.15) is 59.3 Å². The second kappa shape index (κ2) is 5.57. The molecule has 1 atom stereocenters. The lowest BCUT2D eigenvalue weighted by molar-refractivity contribution is -0.389. The van der Waals surface area contributed by atoms with Gasteiger partial charge in [-0.1, -0.05) is 6.58 Å². The monoisotopic (exact) mass is 334 g/mol. The van der Waals surface area contributed by atoms with Crippen molar-refractivity contribution in [3.63, 3.8) is 0 Å². The van der Waals surface area contributed by atoms with Crippen molar-refractivity contribution in [2.24, 2.45) is 23.7 Å². The van der Waals surface area contributed by atoms with Crippen LogP contribution in [0.25, 0.3) is 0 Å². The van der Waals surface area contributed by atoms with E-state index in [1.54, 1.807) is 6.92 Å². The molecule has 0 aromatic carbocycles. The van der Waals surface area contributed by atoms with Gasteiger partial charge in [-0.3, -0.25) is 0 Å². The van der Waals surface area contributed by atoms with Crippen molar-refractivity contribution in [2.75, 3.05) is 6.61 Å². The number of carbonyl (C=O) groups is 1. The van der Waals surface area contributed by atoms with Gasteiger partial charge in [0.15, 0.2) is 5.79 Å². The van der Waals surface area contributed by atoms with Crippen LogP contribution in [0.4, 0.5) is 0 Å². The van der Waals surface area contributed by atoms with E-state index in [4.69, 9.17) is 14.2 Å². The number of hydrogen-bond acceptors (Lipinski definition) is 4. The summed E-state index contributed by atoms with van der Waals surface area (Å²) in [4.78, 5) is 12.0. The first-order valence-corrected chi connectivity index (χ1v) is 9.51. The standard InChI is InChI=1S/C20H30O4/c1-12(2)18(21)24-19(3,4)17-5-6-22-20(23-17)15-8-13-7-14(10-15)11-16(20)9-13/h13-17H,1,5-11H2,2-4H3. The molecule has 4 bridgehead atoms. The van der Waals surface area contributed by atoms with Crippen LogP contribution in [-0.4, -0.2) is 30.1 Å². The second-order valence-electron chi connectivity index (χ2n) is 9.04.